The minimum absolute atomic E-state index is 0.185. The molecular formula is C13H17ClN2O3. The normalized spacial score (nSPS) is 18.9. The van der Waals surface area contributed by atoms with E-state index >= 15 is 0 Å². The van der Waals surface area contributed by atoms with Gasteiger partial charge >= 0.3 is 0 Å². The van der Waals surface area contributed by atoms with Gasteiger partial charge in [-0.3, -0.25) is 4.79 Å². The summed E-state index contributed by atoms with van der Waals surface area (Å²) < 4.78 is 10.8. The van der Waals surface area contributed by atoms with Crippen LogP contribution >= 0.6 is 11.6 Å². The average molecular weight is 285 g/mol. The van der Waals surface area contributed by atoms with E-state index < -0.39 is 6.10 Å². The molecule has 1 saturated heterocycles. The summed E-state index contributed by atoms with van der Waals surface area (Å²) in [5.74, 6) is 0.377. The standard InChI is InChI=1S/C13H17ClN2O3/c1-2-18-11-7-9(14)3-4-10(11)16-13(17)12-8-15-5-6-19-12/h3-4,7,12,15H,2,5-6,8H2,1H3,(H,16,17). The number of morpholine rings is 1. The molecule has 0 aromatic heterocycles. The Morgan fingerprint density at radius 3 is 3.16 bits per heavy atom. The third-order valence-corrected chi connectivity index (χ3v) is 2.96. The third kappa shape index (κ3) is 3.83. The van der Waals surface area contributed by atoms with E-state index in [4.69, 9.17) is 21.1 Å². The van der Waals surface area contributed by atoms with Crippen LogP contribution in [0, 0.1) is 0 Å². The maximum Gasteiger partial charge on any atom is 0.254 e. The summed E-state index contributed by atoms with van der Waals surface area (Å²) >= 11 is 5.91. The van der Waals surface area contributed by atoms with Gasteiger partial charge in [0.2, 0.25) is 0 Å². The van der Waals surface area contributed by atoms with Crippen LogP contribution in [0.25, 0.3) is 0 Å². The summed E-state index contributed by atoms with van der Waals surface area (Å²) in [5.41, 5.74) is 0.602. The van der Waals surface area contributed by atoms with E-state index in [0.717, 1.165) is 6.54 Å². The Kier molecular flexibility index (Phi) is 5.01. The molecule has 1 aliphatic heterocycles. The molecule has 1 aliphatic rings. The van der Waals surface area contributed by atoms with Crippen LogP contribution in [0.15, 0.2) is 18.2 Å². The second-order valence-corrected chi connectivity index (χ2v) is 4.56. The monoisotopic (exact) mass is 284 g/mol. The van der Waals surface area contributed by atoms with Gasteiger partial charge in [0.25, 0.3) is 5.91 Å². The molecule has 0 spiro atoms. The molecule has 5 nitrogen and oxygen atoms in total. The average Bonchev–Trinajstić information content (AvgIpc) is 2.43. The lowest BCUT2D eigenvalue weighted by Crippen LogP contribution is -2.45. The summed E-state index contributed by atoms with van der Waals surface area (Å²) in [6.45, 7) is 4.21. The SMILES string of the molecule is CCOc1cc(Cl)ccc1NC(=O)C1CNCCO1. The van der Waals surface area contributed by atoms with E-state index in [0.29, 0.717) is 36.2 Å². The molecule has 1 amide bonds. The zero-order valence-corrected chi connectivity index (χ0v) is 11.5. The highest BCUT2D eigenvalue weighted by Crippen LogP contribution is 2.28. The summed E-state index contributed by atoms with van der Waals surface area (Å²) in [4.78, 5) is 12.0. The lowest BCUT2D eigenvalue weighted by molar-refractivity contribution is -0.128. The summed E-state index contributed by atoms with van der Waals surface area (Å²) in [6.07, 6.45) is -0.473. The number of carbonyl (C=O) groups excluding carboxylic acids is 1. The molecule has 6 heteroatoms. The van der Waals surface area contributed by atoms with Gasteiger partial charge in [0, 0.05) is 24.2 Å². The van der Waals surface area contributed by atoms with Crippen molar-refractivity contribution in [1.29, 1.82) is 0 Å². The maximum atomic E-state index is 12.0. The quantitative estimate of drug-likeness (QED) is 0.883. The molecule has 104 valence electrons. The molecule has 1 aromatic carbocycles. The van der Waals surface area contributed by atoms with Gasteiger partial charge in [-0.2, -0.15) is 0 Å². The number of nitrogens with one attached hydrogen (secondary N) is 2. The van der Waals surface area contributed by atoms with Gasteiger partial charge in [0.15, 0.2) is 0 Å². The highest BCUT2D eigenvalue weighted by Gasteiger charge is 2.22. The van der Waals surface area contributed by atoms with Crippen molar-refractivity contribution in [2.45, 2.75) is 13.0 Å². The lowest BCUT2D eigenvalue weighted by Gasteiger charge is -2.23. The first-order chi connectivity index (χ1) is 9.20. The number of rotatable bonds is 4. The number of hydrogen-bond donors (Lipinski definition) is 2. The van der Waals surface area contributed by atoms with Crippen molar-refractivity contribution in [3.63, 3.8) is 0 Å². The largest absolute Gasteiger partial charge is 0.492 e. The first-order valence-corrected chi connectivity index (χ1v) is 6.64. The van der Waals surface area contributed by atoms with Crippen LogP contribution in [0.4, 0.5) is 5.69 Å². The van der Waals surface area contributed by atoms with Crippen molar-refractivity contribution in [1.82, 2.24) is 5.32 Å². The van der Waals surface area contributed by atoms with E-state index in [1.54, 1.807) is 18.2 Å². The lowest BCUT2D eigenvalue weighted by atomic mass is 10.2. The Bertz CT molecular complexity index is 448. The number of ether oxygens (including phenoxy) is 2. The zero-order chi connectivity index (χ0) is 13.7. The molecule has 1 atom stereocenters. The maximum absolute atomic E-state index is 12.0. The predicted octanol–water partition coefficient (Wildman–Crippen LogP) is 1.67. The van der Waals surface area contributed by atoms with Gasteiger partial charge in [0.05, 0.1) is 18.9 Å². The van der Waals surface area contributed by atoms with Crippen LogP contribution in [0.3, 0.4) is 0 Å². The van der Waals surface area contributed by atoms with E-state index in [1.165, 1.54) is 0 Å². The van der Waals surface area contributed by atoms with Crippen LogP contribution in [0.5, 0.6) is 5.75 Å². The minimum atomic E-state index is -0.473. The Morgan fingerprint density at radius 1 is 1.63 bits per heavy atom. The molecule has 19 heavy (non-hydrogen) atoms. The van der Waals surface area contributed by atoms with Crippen molar-refractivity contribution in [3.05, 3.63) is 23.2 Å². The van der Waals surface area contributed by atoms with Crippen LogP contribution in [0.2, 0.25) is 5.02 Å². The minimum Gasteiger partial charge on any atom is -0.492 e. The van der Waals surface area contributed by atoms with E-state index in [9.17, 15) is 4.79 Å². The second-order valence-electron chi connectivity index (χ2n) is 4.13. The van der Waals surface area contributed by atoms with Crippen LogP contribution in [-0.4, -0.2) is 38.3 Å². The van der Waals surface area contributed by atoms with Crippen molar-refractivity contribution in [3.8, 4) is 5.75 Å². The number of amides is 1. The fraction of sp³-hybridized carbons (Fsp3) is 0.462. The van der Waals surface area contributed by atoms with E-state index in [-0.39, 0.29) is 5.91 Å². The van der Waals surface area contributed by atoms with Crippen molar-refractivity contribution < 1.29 is 14.3 Å². The topological polar surface area (TPSA) is 59.6 Å². The van der Waals surface area contributed by atoms with Crippen LogP contribution < -0.4 is 15.4 Å². The van der Waals surface area contributed by atoms with Crippen molar-refractivity contribution >= 4 is 23.2 Å². The number of hydrogen-bond acceptors (Lipinski definition) is 4. The van der Waals surface area contributed by atoms with E-state index in [2.05, 4.69) is 10.6 Å². The second kappa shape index (κ2) is 6.75. The summed E-state index contributed by atoms with van der Waals surface area (Å²) in [6, 6.07) is 5.11. The molecule has 2 N–H and O–H groups in total. The van der Waals surface area contributed by atoms with Crippen molar-refractivity contribution in [2.75, 3.05) is 31.6 Å². The number of anilines is 1. The van der Waals surface area contributed by atoms with Gasteiger partial charge < -0.3 is 20.1 Å². The van der Waals surface area contributed by atoms with Gasteiger partial charge in [-0.05, 0) is 19.1 Å². The molecule has 0 saturated carbocycles. The van der Waals surface area contributed by atoms with Gasteiger partial charge in [0.1, 0.15) is 11.9 Å². The van der Waals surface area contributed by atoms with Gasteiger partial charge in [-0.15, -0.1) is 0 Å². The Morgan fingerprint density at radius 2 is 2.47 bits per heavy atom. The predicted molar refractivity (Wildman–Crippen MR) is 73.9 cm³/mol. The van der Waals surface area contributed by atoms with Gasteiger partial charge in [-0.1, -0.05) is 11.6 Å². The molecule has 1 unspecified atom stereocenters. The molecule has 0 aliphatic carbocycles. The zero-order valence-electron chi connectivity index (χ0n) is 10.7. The Labute approximate surface area is 117 Å². The number of halogens is 1. The summed E-state index contributed by atoms with van der Waals surface area (Å²) in [5, 5.41) is 6.48. The van der Waals surface area contributed by atoms with E-state index in [1.807, 2.05) is 6.92 Å². The van der Waals surface area contributed by atoms with Crippen LogP contribution in [-0.2, 0) is 9.53 Å². The third-order valence-electron chi connectivity index (χ3n) is 2.72. The molecule has 0 bridgehead atoms. The molecular weight excluding hydrogens is 268 g/mol. The molecule has 2 rings (SSSR count). The van der Waals surface area contributed by atoms with Gasteiger partial charge in [-0.25, -0.2) is 0 Å². The Balaban J connectivity index is 2.06. The first-order valence-electron chi connectivity index (χ1n) is 6.26. The summed E-state index contributed by atoms with van der Waals surface area (Å²) in [7, 11) is 0. The molecule has 1 aromatic rings. The van der Waals surface area contributed by atoms with Crippen molar-refractivity contribution in [2.24, 2.45) is 0 Å². The number of carbonyl (C=O) groups is 1. The molecule has 1 heterocycles. The fourth-order valence-corrected chi connectivity index (χ4v) is 1.98. The van der Waals surface area contributed by atoms with Crippen LogP contribution in [0.1, 0.15) is 6.92 Å². The highest BCUT2D eigenvalue weighted by atomic mass is 35.5. The first kappa shape index (κ1) is 14.1. The molecule has 1 fully saturated rings. The Hall–Kier alpha value is -1.30. The number of benzene rings is 1. The molecule has 0 radical (unpaired) electrons. The fourth-order valence-electron chi connectivity index (χ4n) is 1.82. The highest BCUT2D eigenvalue weighted by molar-refractivity contribution is 6.30. The smallest absolute Gasteiger partial charge is 0.254 e.